The summed E-state index contributed by atoms with van der Waals surface area (Å²) in [5.74, 6) is 0.705. The molecule has 0 aromatic heterocycles. The summed E-state index contributed by atoms with van der Waals surface area (Å²) in [6, 6.07) is 0. The van der Waals surface area contributed by atoms with E-state index >= 15 is 0 Å². The molecule has 0 fully saturated rings. The Morgan fingerprint density at radius 1 is 1.21 bits per heavy atom. The van der Waals surface area contributed by atoms with Crippen LogP contribution < -0.4 is 0 Å². The van der Waals surface area contributed by atoms with Crippen LogP contribution in [-0.2, 0) is 14.3 Å². The lowest BCUT2D eigenvalue weighted by Gasteiger charge is -2.37. The highest BCUT2D eigenvalue weighted by Gasteiger charge is 2.37. The van der Waals surface area contributed by atoms with E-state index in [2.05, 4.69) is 52.8 Å². The van der Waals surface area contributed by atoms with E-state index in [1.54, 1.807) is 6.08 Å². The van der Waals surface area contributed by atoms with Crippen LogP contribution in [0.15, 0.2) is 47.6 Å². The molecule has 0 amide bonds. The Bertz CT molecular complexity index is 687. The maximum atomic E-state index is 11.9. The van der Waals surface area contributed by atoms with Crippen molar-refractivity contribution in [3.05, 3.63) is 47.6 Å². The fourth-order valence-electron chi connectivity index (χ4n) is 4.36. The molecule has 0 spiro atoms. The molecule has 2 atom stereocenters. The van der Waals surface area contributed by atoms with Crippen LogP contribution in [-0.4, -0.2) is 18.4 Å². The normalized spacial score (nSPS) is 25.3. The van der Waals surface area contributed by atoms with Gasteiger partial charge in [-0.05, 0) is 56.6 Å². The molecule has 0 radical (unpaired) electrons. The highest BCUT2D eigenvalue weighted by atomic mass is 16.5. The van der Waals surface area contributed by atoms with Gasteiger partial charge in [0.15, 0.2) is 5.78 Å². The Balaban J connectivity index is 0.000000280. The third-order valence-corrected chi connectivity index (χ3v) is 5.61. The second-order valence-corrected chi connectivity index (χ2v) is 9.09. The van der Waals surface area contributed by atoms with Crippen molar-refractivity contribution >= 4 is 11.8 Å². The maximum Gasteiger partial charge on any atom is 0.334 e. The average Bonchev–Trinajstić information content (AvgIpc) is 2.54. The van der Waals surface area contributed by atoms with Gasteiger partial charge in [-0.2, -0.15) is 0 Å². The van der Waals surface area contributed by atoms with Crippen LogP contribution in [0.5, 0.6) is 0 Å². The number of ketones is 1. The molecule has 3 nitrogen and oxygen atoms in total. The lowest BCUT2D eigenvalue weighted by Crippen LogP contribution is -2.36. The Hall–Kier alpha value is -1.90. The highest BCUT2D eigenvalue weighted by Crippen LogP contribution is 2.40. The number of carbonyl (C=O) groups is 2. The molecule has 2 rings (SSSR count). The largest absolute Gasteiger partial charge is 0.463 e. The van der Waals surface area contributed by atoms with Gasteiger partial charge >= 0.3 is 5.97 Å². The maximum absolute atomic E-state index is 11.9. The number of carbonyl (C=O) groups excluding carboxylic acids is 2. The molecule has 0 aliphatic heterocycles. The molecule has 0 saturated heterocycles. The van der Waals surface area contributed by atoms with Crippen LogP contribution in [0, 0.1) is 22.7 Å². The molecule has 0 bridgehead atoms. The Kier molecular flexibility index (Phi) is 8.66. The van der Waals surface area contributed by atoms with Gasteiger partial charge in [-0.1, -0.05) is 65.0 Å². The molecule has 3 heteroatoms. The fraction of sp³-hybridized carbons (Fsp3) is 0.600. The Labute approximate surface area is 171 Å². The van der Waals surface area contributed by atoms with Gasteiger partial charge in [-0.15, -0.1) is 0 Å². The van der Waals surface area contributed by atoms with Gasteiger partial charge < -0.3 is 4.74 Å². The minimum atomic E-state index is -0.167. The van der Waals surface area contributed by atoms with Gasteiger partial charge in [0.2, 0.25) is 0 Å². The first kappa shape index (κ1) is 24.1. The standard InChI is InChI=1S/C13H20O.C12H18O2/c1-5-7-11(14)12-10(2)8-6-9-13(12,3)4;1-5-14-11(13)10-9(2)7-6-8-12(10,3)4/h5-7,9-10,12H,8H2,1-4H3;6-7H,5,8H2,1-4H3. The van der Waals surface area contributed by atoms with Gasteiger partial charge in [0.1, 0.15) is 0 Å². The van der Waals surface area contributed by atoms with Gasteiger partial charge in [0.25, 0.3) is 0 Å². The molecule has 0 N–H and O–H groups in total. The van der Waals surface area contributed by atoms with E-state index < -0.39 is 0 Å². The van der Waals surface area contributed by atoms with E-state index in [0.29, 0.717) is 12.5 Å². The quantitative estimate of drug-likeness (QED) is 0.327. The van der Waals surface area contributed by atoms with E-state index in [0.717, 1.165) is 24.0 Å². The van der Waals surface area contributed by atoms with Crippen LogP contribution in [0.3, 0.4) is 0 Å². The number of hydrogen-bond acceptors (Lipinski definition) is 3. The number of esters is 1. The molecular formula is C25H38O3. The molecule has 0 aromatic rings. The molecule has 2 aliphatic rings. The summed E-state index contributed by atoms with van der Waals surface area (Å²) >= 11 is 0. The van der Waals surface area contributed by atoms with E-state index in [1.807, 2.05) is 32.9 Å². The molecule has 2 unspecified atom stereocenters. The SMILES string of the molecule is CC=CC(=O)C1C(C)CC=CC1(C)C.CCOC(=O)C1=C(C)C=CCC1(C)C. The van der Waals surface area contributed by atoms with Crippen LogP contribution in [0.4, 0.5) is 0 Å². The van der Waals surface area contributed by atoms with Crippen molar-refractivity contribution < 1.29 is 14.3 Å². The van der Waals surface area contributed by atoms with Crippen LogP contribution in [0.1, 0.15) is 68.2 Å². The molecule has 0 heterocycles. The minimum absolute atomic E-state index is 0.00819. The van der Waals surface area contributed by atoms with Crippen LogP contribution in [0.25, 0.3) is 0 Å². The monoisotopic (exact) mass is 386 g/mol. The fourth-order valence-corrected chi connectivity index (χ4v) is 4.36. The highest BCUT2D eigenvalue weighted by molar-refractivity contribution is 5.93. The number of rotatable bonds is 4. The van der Waals surface area contributed by atoms with Crippen molar-refractivity contribution in [2.75, 3.05) is 6.61 Å². The van der Waals surface area contributed by atoms with Gasteiger partial charge in [0, 0.05) is 16.9 Å². The Morgan fingerprint density at radius 3 is 2.36 bits per heavy atom. The van der Waals surface area contributed by atoms with Crippen LogP contribution in [0.2, 0.25) is 0 Å². The smallest absolute Gasteiger partial charge is 0.334 e. The first-order valence-electron chi connectivity index (χ1n) is 10.4. The third-order valence-electron chi connectivity index (χ3n) is 5.61. The number of hydrogen-bond donors (Lipinski definition) is 0. The number of allylic oxidation sites excluding steroid dienone is 7. The second-order valence-electron chi connectivity index (χ2n) is 9.09. The molecule has 28 heavy (non-hydrogen) atoms. The summed E-state index contributed by atoms with van der Waals surface area (Å²) in [5, 5.41) is 0. The summed E-state index contributed by atoms with van der Waals surface area (Å²) < 4.78 is 5.06. The predicted octanol–water partition coefficient (Wildman–Crippen LogP) is 6.22. The third kappa shape index (κ3) is 6.05. The van der Waals surface area contributed by atoms with Crippen molar-refractivity contribution in [1.82, 2.24) is 0 Å². The first-order chi connectivity index (χ1) is 13.0. The van der Waals surface area contributed by atoms with Crippen molar-refractivity contribution in [2.45, 2.75) is 68.2 Å². The van der Waals surface area contributed by atoms with Gasteiger partial charge in [-0.3, -0.25) is 4.79 Å². The lowest BCUT2D eigenvalue weighted by atomic mass is 9.66. The lowest BCUT2D eigenvalue weighted by molar-refractivity contribution is -0.139. The molecule has 156 valence electrons. The molecule has 2 aliphatic carbocycles. The summed E-state index contributed by atoms with van der Waals surface area (Å²) in [7, 11) is 0. The molecular weight excluding hydrogens is 348 g/mol. The zero-order chi connectivity index (χ0) is 21.5. The first-order valence-corrected chi connectivity index (χ1v) is 10.4. The van der Waals surface area contributed by atoms with Crippen molar-refractivity contribution in [2.24, 2.45) is 22.7 Å². The zero-order valence-electron chi connectivity index (χ0n) is 19.0. The van der Waals surface area contributed by atoms with Crippen molar-refractivity contribution in [3.63, 3.8) is 0 Å². The summed E-state index contributed by atoms with van der Waals surface area (Å²) in [6.07, 6.45) is 14.0. The van der Waals surface area contributed by atoms with Crippen LogP contribution >= 0.6 is 0 Å². The van der Waals surface area contributed by atoms with E-state index in [4.69, 9.17) is 4.74 Å². The average molecular weight is 387 g/mol. The predicted molar refractivity (Wildman–Crippen MR) is 117 cm³/mol. The van der Waals surface area contributed by atoms with E-state index in [-0.39, 0.29) is 28.5 Å². The van der Waals surface area contributed by atoms with Gasteiger partial charge in [0.05, 0.1) is 6.61 Å². The topological polar surface area (TPSA) is 43.4 Å². The summed E-state index contributed by atoms with van der Waals surface area (Å²) in [6.45, 7) is 16.7. The second kappa shape index (κ2) is 10.0. The Morgan fingerprint density at radius 2 is 1.86 bits per heavy atom. The minimum Gasteiger partial charge on any atom is -0.463 e. The summed E-state index contributed by atoms with van der Waals surface area (Å²) in [5.41, 5.74) is 1.76. The molecule has 0 saturated carbocycles. The molecule has 0 aromatic carbocycles. The van der Waals surface area contributed by atoms with E-state index in [1.165, 1.54) is 0 Å². The van der Waals surface area contributed by atoms with Gasteiger partial charge in [-0.25, -0.2) is 4.79 Å². The number of ether oxygens (including phenoxy) is 1. The van der Waals surface area contributed by atoms with E-state index in [9.17, 15) is 9.59 Å². The van der Waals surface area contributed by atoms with Crippen molar-refractivity contribution in [1.29, 1.82) is 0 Å². The zero-order valence-corrected chi connectivity index (χ0v) is 19.0. The van der Waals surface area contributed by atoms with Crippen molar-refractivity contribution in [3.8, 4) is 0 Å². The summed E-state index contributed by atoms with van der Waals surface area (Å²) in [4.78, 5) is 23.6.